The highest BCUT2D eigenvalue weighted by Gasteiger charge is 2.17. The van der Waals surface area contributed by atoms with E-state index in [0.29, 0.717) is 13.0 Å². The zero-order chi connectivity index (χ0) is 26.7. The van der Waals surface area contributed by atoms with Gasteiger partial charge in [0.2, 0.25) is 0 Å². The largest absolute Gasteiger partial charge is 0.356 e. The minimum atomic E-state index is -0.331. The molecule has 0 fully saturated rings. The lowest BCUT2D eigenvalue weighted by molar-refractivity contribution is -0.101. The topological polar surface area (TPSA) is 99.9 Å². The van der Waals surface area contributed by atoms with Gasteiger partial charge in [-0.1, -0.05) is 62.4 Å². The third-order valence-corrected chi connectivity index (χ3v) is 6.48. The molecule has 0 aliphatic carbocycles. The summed E-state index contributed by atoms with van der Waals surface area (Å²) in [6.07, 6.45) is 4.35. The van der Waals surface area contributed by atoms with Gasteiger partial charge in [0.25, 0.3) is 0 Å². The van der Waals surface area contributed by atoms with E-state index in [1.807, 2.05) is 6.20 Å². The lowest BCUT2D eigenvalue weighted by Gasteiger charge is -2.13. The number of aromatic amines is 2. The van der Waals surface area contributed by atoms with Gasteiger partial charge < -0.3 is 30.1 Å². The molecule has 0 amide bonds. The molecule has 0 saturated carbocycles. The van der Waals surface area contributed by atoms with Gasteiger partial charge in [-0.15, -0.1) is 0 Å². The Bertz CT molecular complexity index is 1240. The molecule has 8 heteroatoms. The first-order chi connectivity index (χ1) is 18.6. The van der Waals surface area contributed by atoms with Crippen LogP contribution in [0, 0.1) is 0 Å². The van der Waals surface area contributed by atoms with Crippen LogP contribution in [0.5, 0.6) is 0 Å². The lowest BCUT2D eigenvalue weighted by atomic mass is 10.0. The number of aromatic nitrogens is 4. The Morgan fingerprint density at radius 1 is 0.737 bits per heavy atom. The molecule has 0 spiro atoms. The summed E-state index contributed by atoms with van der Waals surface area (Å²) in [6, 6.07) is 17.1. The van der Waals surface area contributed by atoms with Crippen LogP contribution in [0.2, 0.25) is 0 Å². The monoisotopic (exact) mass is 516 g/mol. The number of nitrogens with one attached hydrogen (secondary N) is 4. The molecule has 4 aromatic rings. The molecular weight excluding hydrogens is 476 g/mol. The van der Waals surface area contributed by atoms with Crippen LogP contribution in [0.3, 0.4) is 0 Å². The van der Waals surface area contributed by atoms with Crippen LogP contribution in [-0.2, 0) is 29.0 Å². The van der Waals surface area contributed by atoms with Gasteiger partial charge in [-0.05, 0) is 42.6 Å². The second kappa shape index (κ2) is 14.0. The van der Waals surface area contributed by atoms with E-state index >= 15 is 0 Å². The number of hydrogen-bond donors (Lipinski definition) is 4. The zero-order valence-electron chi connectivity index (χ0n) is 22.9. The van der Waals surface area contributed by atoms with Gasteiger partial charge >= 0.3 is 0 Å². The van der Waals surface area contributed by atoms with E-state index in [2.05, 4.69) is 88.0 Å². The van der Waals surface area contributed by atoms with Crippen LogP contribution in [0.1, 0.15) is 44.0 Å². The minimum Gasteiger partial charge on any atom is -0.356 e. The van der Waals surface area contributed by atoms with Crippen LogP contribution in [0.4, 0.5) is 0 Å². The Morgan fingerprint density at radius 2 is 1.29 bits per heavy atom. The molecule has 2 aromatic carbocycles. The maximum Gasteiger partial charge on any atom is 0.162 e. The first-order valence-corrected chi connectivity index (χ1v) is 13.4. The second-order valence-corrected chi connectivity index (χ2v) is 9.37. The number of H-pyrrole nitrogens is 2. The summed E-state index contributed by atoms with van der Waals surface area (Å²) in [4.78, 5) is 16.3. The van der Waals surface area contributed by atoms with Crippen molar-refractivity contribution in [1.82, 2.24) is 30.6 Å². The Labute approximate surface area is 225 Å². The van der Waals surface area contributed by atoms with Crippen molar-refractivity contribution in [3.05, 3.63) is 72.1 Å². The van der Waals surface area contributed by atoms with Crippen LogP contribution in [0.25, 0.3) is 33.6 Å². The number of rotatable bonds is 15. The number of imidazole rings is 2. The van der Waals surface area contributed by atoms with Crippen LogP contribution < -0.4 is 10.6 Å². The maximum absolute atomic E-state index is 5.45. The molecule has 0 unspecified atom stereocenters. The molecule has 0 bridgehead atoms. The molecule has 0 radical (unpaired) electrons. The van der Waals surface area contributed by atoms with Crippen LogP contribution >= 0.6 is 0 Å². The maximum atomic E-state index is 5.45. The minimum absolute atomic E-state index is 0.331. The van der Waals surface area contributed by atoms with E-state index in [4.69, 9.17) is 14.5 Å². The van der Waals surface area contributed by atoms with E-state index in [1.165, 1.54) is 0 Å². The third-order valence-electron chi connectivity index (χ3n) is 6.48. The van der Waals surface area contributed by atoms with Crippen LogP contribution in [0.15, 0.2) is 54.7 Å². The number of ether oxygens (including phenoxy) is 2. The van der Waals surface area contributed by atoms with Crippen molar-refractivity contribution in [3.63, 3.8) is 0 Å². The van der Waals surface area contributed by atoms with E-state index in [-0.39, 0.29) is 6.29 Å². The summed E-state index contributed by atoms with van der Waals surface area (Å²) < 4.78 is 10.9. The van der Waals surface area contributed by atoms with Crippen molar-refractivity contribution in [3.8, 4) is 33.6 Å². The third kappa shape index (κ3) is 7.17. The Morgan fingerprint density at radius 3 is 1.87 bits per heavy atom. The molecule has 2 heterocycles. The summed E-state index contributed by atoms with van der Waals surface area (Å²) in [5.41, 5.74) is 7.47. The number of hydrogen-bond acceptors (Lipinski definition) is 6. The Balaban J connectivity index is 1.49. The highest BCUT2D eigenvalue weighted by molar-refractivity contribution is 5.72. The van der Waals surface area contributed by atoms with E-state index in [1.54, 1.807) is 14.2 Å². The SMILES string of the molecule is CCCNCc1ncc(-c2ccc(-c3ccc(-c4nc(CNCCC)[nH]c4CC(OC)OC)cc3)cc2)[nH]1. The van der Waals surface area contributed by atoms with E-state index in [0.717, 1.165) is 83.5 Å². The summed E-state index contributed by atoms with van der Waals surface area (Å²) in [7, 11) is 3.31. The summed E-state index contributed by atoms with van der Waals surface area (Å²) in [6.45, 7) is 7.71. The predicted octanol–water partition coefficient (Wildman–Crippen LogP) is 5.29. The molecule has 0 aliphatic heterocycles. The van der Waals surface area contributed by atoms with Gasteiger partial charge in [-0.2, -0.15) is 0 Å². The van der Waals surface area contributed by atoms with Crippen molar-refractivity contribution in [1.29, 1.82) is 0 Å². The van der Waals surface area contributed by atoms with Gasteiger partial charge in [0.1, 0.15) is 11.6 Å². The van der Waals surface area contributed by atoms with Crippen molar-refractivity contribution in [2.75, 3.05) is 27.3 Å². The molecule has 38 heavy (non-hydrogen) atoms. The number of methoxy groups -OCH3 is 2. The molecular formula is C30H40N6O2. The summed E-state index contributed by atoms with van der Waals surface area (Å²) >= 11 is 0. The molecule has 202 valence electrons. The van der Waals surface area contributed by atoms with Crippen LogP contribution in [-0.4, -0.2) is 53.5 Å². The highest BCUT2D eigenvalue weighted by atomic mass is 16.7. The second-order valence-electron chi connectivity index (χ2n) is 9.37. The van der Waals surface area contributed by atoms with Gasteiger partial charge in [-0.25, -0.2) is 9.97 Å². The number of nitrogens with zero attached hydrogens (tertiary/aromatic N) is 2. The molecule has 0 saturated heterocycles. The van der Waals surface area contributed by atoms with Crippen molar-refractivity contribution in [2.24, 2.45) is 0 Å². The van der Waals surface area contributed by atoms with Gasteiger partial charge in [-0.3, -0.25) is 0 Å². The van der Waals surface area contributed by atoms with Gasteiger partial charge in [0, 0.05) is 31.9 Å². The smallest absolute Gasteiger partial charge is 0.162 e. The Kier molecular flexibility index (Phi) is 10.2. The summed E-state index contributed by atoms with van der Waals surface area (Å²) in [5, 5.41) is 6.80. The first kappa shape index (κ1) is 27.7. The fourth-order valence-corrected chi connectivity index (χ4v) is 4.39. The highest BCUT2D eigenvalue weighted by Crippen LogP contribution is 2.28. The summed E-state index contributed by atoms with van der Waals surface area (Å²) in [5.74, 6) is 1.87. The molecule has 2 aromatic heterocycles. The standard InChI is InChI=1S/C30H40N6O2/c1-5-15-31-19-27-33-18-26(35-27)23-11-7-21(8-12-23)22-9-13-24(14-10-22)30-25(17-29(37-3)38-4)34-28(36-30)20-32-16-6-2/h7-14,18,29,31-32H,5-6,15-17,19-20H2,1-4H3,(H,33,35)(H,34,36). The van der Waals surface area contributed by atoms with E-state index in [9.17, 15) is 0 Å². The number of benzene rings is 2. The van der Waals surface area contributed by atoms with Crippen molar-refractivity contribution >= 4 is 0 Å². The fraction of sp³-hybridized carbons (Fsp3) is 0.400. The first-order valence-electron chi connectivity index (χ1n) is 13.4. The lowest BCUT2D eigenvalue weighted by Crippen LogP contribution is -2.17. The van der Waals surface area contributed by atoms with Crippen molar-refractivity contribution in [2.45, 2.75) is 52.5 Å². The van der Waals surface area contributed by atoms with Crippen molar-refractivity contribution < 1.29 is 9.47 Å². The molecule has 8 nitrogen and oxygen atoms in total. The predicted molar refractivity (Wildman–Crippen MR) is 153 cm³/mol. The molecule has 0 atom stereocenters. The fourth-order valence-electron chi connectivity index (χ4n) is 4.39. The Hall–Kier alpha value is -3.30. The average molecular weight is 517 g/mol. The van der Waals surface area contributed by atoms with E-state index < -0.39 is 0 Å². The quantitative estimate of drug-likeness (QED) is 0.126. The van der Waals surface area contributed by atoms with Gasteiger partial charge in [0.15, 0.2) is 6.29 Å². The molecule has 4 N–H and O–H groups in total. The normalized spacial score (nSPS) is 11.5. The molecule has 4 rings (SSSR count). The van der Waals surface area contributed by atoms with Gasteiger partial charge in [0.05, 0.1) is 30.7 Å². The average Bonchev–Trinajstić information content (AvgIpc) is 3.59. The molecule has 0 aliphatic rings. The zero-order valence-corrected chi connectivity index (χ0v) is 22.9.